The van der Waals surface area contributed by atoms with E-state index in [9.17, 15) is 28.8 Å². The maximum absolute atomic E-state index is 12.2. The van der Waals surface area contributed by atoms with Crippen LogP contribution in [0.25, 0.3) is 0 Å². The average molecular weight is 536 g/mol. The summed E-state index contributed by atoms with van der Waals surface area (Å²) >= 11 is 2.56. The molecular formula is C19H21N9O6S2. The molecule has 2 aromatic rings. The van der Waals surface area contributed by atoms with Crippen molar-refractivity contribution in [1.29, 1.82) is 0 Å². The first-order chi connectivity index (χ1) is 17.2. The molecule has 0 aromatic carbocycles. The van der Waals surface area contributed by atoms with Gasteiger partial charge >= 0.3 is 12.1 Å². The molecule has 15 nitrogen and oxygen atoms in total. The molecule has 0 aliphatic carbocycles. The van der Waals surface area contributed by atoms with E-state index in [0.717, 1.165) is 22.9 Å². The van der Waals surface area contributed by atoms with Crippen LogP contribution in [0.3, 0.4) is 0 Å². The maximum atomic E-state index is 12.2. The van der Waals surface area contributed by atoms with Crippen LogP contribution in [0.1, 0.15) is 40.7 Å². The highest BCUT2D eigenvalue weighted by molar-refractivity contribution is 7.15. The molecule has 2 aliphatic heterocycles. The van der Waals surface area contributed by atoms with Crippen LogP contribution in [0.15, 0.2) is 0 Å². The number of unbranched alkanes of at least 4 members (excludes halogenated alkanes) is 1. The highest BCUT2D eigenvalue weighted by Gasteiger charge is 2.32. The van der Waals surface area contributed by atoms with Gasteiger partial charge in [0, 0.05) is 19.3 Å². The number of hydrogen-bond donors (Lipinski definition) is 5. The summed E-state index contributed by atoms with van der Waals surface area (Å²) in [5, 5.41) is 30.0. The zero-order valence-electron chi connectivity index (χ0n) is 18.7. The van der Waals surface area contributed by atoms with Crippen molar-refractivity contribution in [2.24, 2.45) is 0 Å². The number of nitrogens with zero attached hydrogens (tertiary/aromatic N) is 4. The Labute approximate surface area is 211 Å². The first kappa shape index (κ1) is 25.2. The molecule has 4 heterocycles. The number of aryl methyl sites for hydroxylation is 2. The molecule has 0 bridgehead atoms. The van der Waals surface area contributed by atoms with Crippen molar-refractivity contribution < 1.29 is 28.8 Å². The van der Waals surface area contributed by atoms with Crippen molar-refractivity contribution in [2.45, 2.75) is 57.0 Å². The lowest BCUT2D eigenvalue weighted by Gasteiger charge is -2.05. The third-order valence-corrected chi connectivity index (χ3v) is 7.02. The van der Waals surface area contributed by atoms with Crippen molar-refractivity contribution in [3.8, 4) is 0 Å². The minimum absolute atomic E-state index is 0.0500. The highest BCUT2D eigenvalue weighted by atomic mass is 32.1. The van der Waals surface area contributed by atoms with E-state index in [1.807, 2.05) is 0 Å². The molecule has 4 rings (SSSR count). The summed E-state index contributed by atoms with van der Waals surface area (Å²) in [5.41, 5.74) is 0. The molecule has 190 valence electrons. The molecule has 0 saturated carbocycles. The number of amides is 7. The summed E-state index contributed by atoms with van der Waals surface area (Å²) in [5.74, 6) is -1.72. The number of aromatic nitrogens is 4. The smallest absolute Gasteiger partial charge is 0.322 e. The Balaban J connectivity index is 1.13. The Kier molecular flexibility index (Phi) is 7.89. The standard InChI is InChI=1S/C19H21N9O6S2/c29-8(5-9-15(31)23-17(33)20-9)6-14-27-25-12(35-14)3-1-2-4-13-26-28-19(36-13)22-11(30)7-10-16(32)24-18(34)21-10/h9-10H,1-7H2,(H,22,28,30)(H2,20,23,31,33)(H2,21,24,32,34). The predicted molar refractivity (Wildman–Crippen MR) is 124 cm³/mol. The number of carbonyl (C=O) groups excluding carboxylic acids is 6. The summed E-state index contributed by atoms with van der Waals surface area (Å²) in [6, 6.07) is -2.97. The second kappa shape index (κ2) is 11.3. The van der Waals surface area contributed by atoms with Crippen LogP contribution >= 0.6 is 22.7 Å². The van der Waals surface area contributed by atoms with E-state index in [0.29, 0.717) is 23.0 Å². The minimum Gasteiger partial charge on any atom is -0.326 e. The Hall–Kier alpha value is -3.86. The number of ketones is 1. The van der Waals surface area contributed by atoms with E-state index >= 15 is 0 Å². The van der Waals surface area contributed by atoms with Crippen molar-refractivity contribution in [3.05, 3.63) is 15.0 Å². The predicted octanol–water partition coefficient (Wildman–Crippen LogP) is -0.799. The Morgan fingerprint density at radius 1 is 0.750 bits per heavy atom. The van der Waals surface area contributed by atoms with Gasteiger partial charge in [-0.1, -0.05) is 11.3 Å². The Bertz CT molecular complexity index is 1120. The van der Waals surface area contributed by atoms with Crippen molar-refractivity contribution in [3.63, 3.8) is 0 Å². The molecule has 5 N–H and O–H groups in total. The fraction of sp³-hybridized carbons (Fsp3) is 0.474. The van der Waals surface area contributed by atoms with E-state index in [2.05, 4.69) is 47.0 Å². The highest BCUT2D eigenvalue weighted by Crippen LogP contribution is 2.19. The van der Waals surface area contributed by atoms with E-state index in [-0.39, 0.29) is 25.0 Å². The maximum Gasteiger partial charge on any atom is 0.322 e. The zero-order chi connectivity index (χ0) is 25.7. The lowest BCUT2D eigenvalue weighted by molar-refractivity contribution is -0.125. The zero-order valence-corrected chi connectivity index (χ0v) is 20.3. The third-order valence-electron chi connectivity index (χ3n) is 5.14. The van der Waals surface area contributed by atoms with Crippen LogP contribution in [-0.2, 0) is 38.4 Å². The van der Waals surface area contributed by atoms with Gasteiger partial charge in [0.2, 0.25) is 11.0 Å². The van der Waals surface area contributed by atoms with Gasteiger partial charge in [0.1, 0.15) is 32.9 Å². The number of rotatable bonds is 12. The molecule has 2 unspecified atom stereocenters. The average Bonchev–Trinajstić information content (AvgIpc) is 3.56. The molecule has 2 aliphatic rings. The van der Waals surface area contributed by atoms with E-state index in [4.69, 9.17) is 0 Å². The molecule has 36 heavy (non-hydrogen) atoms. The minimum atomic E-state index is -0.902. The lowest BCUT2D eigenvalue weighted by Crippen LogP contribution is -2.33. The molecule has 0 spiro atoms. The number of nitrogens with one attached hydrogen (secondary N) is 5. The van der Waals surface area contributed by atoms with Crippen LogP contribution in [0.2, 0.25) is 0 Å². The van der Waals surface area contributed by atoms with E-state index in [1.54, 1.807) is 0 Å². The number of Topliss-reactive ketones (excluding diaryl/α,β-unsaturated/α-hetero) is 1. The second-order valence-electron chi connectivity index (χ2n) is 8.00. The molecule has 7 amide bonds. The number of imide groups is 2. The second-order valence-corrected chi connectivity index (χ2v) is 10.2. The number of urea groups is 2. The summed E-state index contributed by atoms with van der Waals surface area (Å²) in [6.45, 7) is 0. The summed E-state index contributed by atoms with van der Waals surface area (Å²) in [4.78, 5) is 69.5. The van der Waals surface area contributed by atoms with Crippen molar-refractivity contribution in [1.82, 2.24) is 41.7 Å². The summed E-state index contributed by atoms with van der Waals surface area (Å²) < 4.78 is 0. The van der Waals surface area contributed by atoms with Crippen LogP contribution in [0.5, 0.6) is 0 Å². The SMILES string of the molecule is O=C(Cc1nnc(CCCCc2nnc(NC(=O)CC3NC(=O)NC3=O)s2)s1)CC1NC(=O)NC1=O. The fourth-order valence-electron chi connectivity index (χ4n) is 3.45. The Morgan fingerprint density at radius 2 is 1.31 bits per heavy atom. The van der Waals surface area contributed by atoms with Crippen molar-refractivity contribution >= 4 is 63.4 Å². The lowest BCUT2D eigenvalue weighted by atomic mass is 10.1. The normalized spacial score (nSPS) is 19.0. The van der Waals surface area contributed by atoms with Crippen LogP contribution in [0, 0.1) is 0 Å². The fourth-order valence-corrected chi connectivity index (χ4v) is 5.16. The van der Waals surface area contributed by atoms with Gasteiger partial charge in [-0.3, -0.25) is 29.8 Å². The number of anilines is 1. The molecule has 2 saturated heterocycles. The number of carbonyl (C=O) groups is 6. The molecule has 2 aromatic heterocycles. The van der Waals surface area contributed by atoms with Gasteiger partial charge in [0.25, 0.3) is 11.8 Å². The van der Waals surface area contributed by atoms with Gasteiger partial charge in [-0.15, -0.1) is 31.7 Å². The topological polar surface area (TPSA) is 214 Å². The largest absolute Gasteiger partial charge is 0.326 e. The molecule has 0 radical (unpaired) electrons. The van der Waals surface area contributed by atoms with Gasteiger partial charge in [-0.25, -0.2) is 9.59 Å². The molecule has 2 atom stereocenters. The van der Waals surface area contributed by atoms with Gasteiger partial charge in [-0.2, -0.15) is 0 Å². The van der Waals surface area contributed by atoms with Gasteiger partial charge < -0.3 is 16.0 Å². The van der Waals surface area contributed by atoms with Crippen LogP contribution in [0.4, 0.5) is 14.7 Å². The van der Waals surface area contributed by atoms with Gasteiger partial charge in [0.05, 0.1) is 12.8 Å². The third kappa shape index (κ3) is 6.85. The van der Waals surface area contributed by atoms with Crippen molar-refractivity contribution in [2.75, 3.05) is 5.32 Å². The first-order valence-corrected chi connectivity index (χ1v) is 12.6. The van der Waals surface area contributed by atoms with E-state index < -0.39 is 41.9 Å². The first-order valence-electron chi connectivity index (χ1n) is 10.9. The number of hydrogen-bond acceptors (Lipinski definition) is 12. The summed E-state index contributed by atoms with van der Waals surface area (Å²) in [7, 11) is 0. The molecule has 2 fully saturated rings. The summed E-state index contributed by atoms with van der Waals surface area (Å²) in [6.07, 6.45) is 2.67. The van der Waals surface area contributed by atoms with Crippen LogP contribution < -0.4 is 26.6 Å². The molecule has 17 heteroatoms. The monoisotopic (exact) mass is 535 g/mol. The van der Waals surface area contributed by atoms with E-state index in [1.165, 1.54) is 22.7 Å². The van der Waals surface area contributed by atoms with Crippen LogP contribution in [-0.4, -0.2) is 68.0 Å². The quantitative estimate of drug-likeness (QED) is 0.168. The molecular weight excluding hydrogens is 514 g/mol. The Morgan fingerprint density at radius 3 is 1.92 bits per heavy atom. The van der Waals surface area contributed by atoms with Gasteiger partial charge in [-0.05, 0) is 12.8 Å². The van der Waals surface area contributed by atoms with Gasteiger partial charge in [0.15, 0.2) is 0 Å².